The first kappa shape index (κ1) is 29.2. The summed E-state index contributed by atoms with van der Waals surface area (Å²) in [6.07, 6.45) is 9.02. The Morgan fingerprint density at radius 1 is 0.906 bits per heavy atom. The normalized spacial score (nSPS) is 38.2. The summed E-state index contributed by atoms with van der Waals surface area (Å²) in [6, 6.07) is 0. The average molecular weight is 450 g/mol. The number of carbonyl (C=O) groups is 2. The van der Waals surface area contributed by atoms with Gasteiger partial charge in [-0.1, -0.05) is 48.5 Å². The van der Waals surface area contributed by atoms with Crippen molar-refractivity contribution in [3.8, 4) is 0 Å². The zero-order valence-corrected chi connectivity index (χ0v) is 23.4. The highest BCUT2D eigenvalue weighted by atomic mass is 16.2. The Balaban J connectivity index is 0.00000121. The van der Waals surface area contributed by atoms with Crippen molar-refractivity contribution >= 4 is 11.7 Å². The van der Waals surface area contributed by atoms with Gasteiger partial charge in [-0.2, -0.15) is 0 Å². The Hall–Kier alpha value is -0.860. The summed E-state index contributed by atoms with van der Waals surface area (Å²) in [5.41, 5.74) is 0.272. The highest BCUT2D eigenvalue weighted by Crippen LogP contribution is 2.66. The van der Waals surface area contributed by atoms with Crippen molar-refractivity contribution in [2.75, 3.05) is 0 Å². The maximum absolute atomic E-state index is 13.1. The van der Waals surface area contributed by atoms with Crippen LogP contribution >= 0.6 is 0 Å². The van der Waals surface area contributed by atoms with Crippen molar-refractivity contribution in [2.24, 2.45) is 40.4 Å². The predicted octanol–water partition coefficient (Wildman–Crippen LogP) is 7.82. The lowest BCUT2D eigenvalue weighted by atomic mass is 9.46. The van der Waals surface area contributed by atoms with E-state index < -0.39 is 0 Å². The van der Waals surface area contributed by atoms with Crippen LogP contribution in [0.2, 0.25) is 0 Å². The van der Waals surface area contributed by atoms with Crippen LogP contribution in [0.1, 0.15) is 128 Å². The first-order chi connectivity index (χ1) is 14.9. The highest BCUT2D eigenvalue weighted by molar-refractivity contribution is 5.80. The van der Waals surface area contributed by atoms with Gasteiger partial charge in [0.2, 0.25) is 5.91 Å². The molecule has 32 heavy (non-hydrogen) atoms. The fourth-order valence-electron chi connectivity index (χ4n) is 7.41. The summed E-state index contributed by atoms with van der Waals surface area (Å²) >= 11 is 0. The molecule has 188 valence electrons. The number of rotatable bonds is 4. The molecule has 3 aliphatic carbocycles. The first-order valence-electron chi connectivity index (χ1n) is 13.7. The summed E-state index contributed by atoms with van der Waals surface area (Å²) in [7, 11) is 0. The highest BCUT2D eigenvalue weighted by Gasteiger charge is 2.60. The van der Waals surface area contributed by atoms with Crippen molar-refractivity contribution in [3.05, 3.63) is 0 Å². The van der Waals surface area contributed by atoms with Gasteiger partial charge in [-0.25, -0.2) is 0 Å². The van der Waals surface area contributed by atoms with Crippen molar-refractivity contribution in [3.63, 3.8) is 0 Å². The van der Waals surface area contributed by atoms with Crippen LogP contribution in [0, 0.1) is 40.4 Å². The molecule has 0 radical (unpaired) electrons. The van der Waals surface area contributed by atoms with Crippen LogP contribution in [-0.2, 0) is 9.59 Å². The van der Waals surface area contributed by atoms with Gasteiger partial charge in [0, 0.05) is 17.9 Å². The number of amides is 1. The molecule has 0 spiro atoms. The van der Waals surface area contributed by atoms with Gasteiger partial charge >= 0.3 is 0 Å². The third-order valence-corrected chi connectivity index (χ3v) is 9.17. The fourth-order valence-corrected chi connectivity index (χ4v) is 7.41. The number of carbonyl (C=O) groups excluding carboxylic acids is 2. The van der Waals surface area contributed by atoms with Crippen molar-refractivity contribution in [1.82, 2.24) is 5.32 Å². The second-order valence-electron chi connectivity index (χ2n) is 12.0. The van der Waals surface area contributed by atoms with E-state index in [9.17, 15) is 9.59 Å². The summed E-state index contributed by atoms with van der Waals surface area (Å²) in [4.78, 5) is 24.8. The molecule has 3 nitrogen and oxygen atoms in total. The van der Waals surface area contributed by atoms with Gasteiger partial charge in [-0.3, -0.25) is 4.79 Å². The number of fused-ring (bicyclic) bond motifs is 3. The van der Waals surface area contributed by atoms with Gasteiger partial charge < -0.3 is 10.1 Å². The van der Waals surface area contributed by atoms with Gasteiger partial charge in [0.05, 0.1) is 0 Å². The van der Waals surface area contributed by atoms with E-state index in [1.165, 1.54) is 32.1 Å². The number of nitrogens with one attached hydrogen (secondary N) is 1. The van der Waals surface area contributed by atoms with Gasteiger partial charge in [0.1, 0.15) is 5.78 Å². The Morgan fingerprint density at radius 3 is 2.03 bits per heavy atom. The third-order valence-electron chi connectivity index (χ3n) is 9.17. The lowest BCUT2D eigenvalue weighted by Gasteiger charge is -2.58. The molecule has 0 heterocycles. The van der Waals surface area contributed by atoms with Gasteiger partial charge in [0.15, 0.2) is 0 Å². The molecule has 3 rings (SSSR count). The number of hydrogen-bond donors (Lipinski definition) is 1. The minimum atomic E-state index is -0.158. The molecular weight excluding hydrogens is 394 g/mol. The van der Waals surface area contributed by atoms with E-state index in [1.807, 2.05) is 27.7 Å². The molecular formula is C29H55NO2. The predicted molar refractivity (Wildman–Crippen MR) is 138 cm³/mol. The maximum Gasteiger partial charge on any atom is 0.224 e. The summed E-state index contributed by atoms with van der Waals surface area (Å²) in [5.74, 6) is 3.60. The van der Waals surface area contributed by atoms with E-state index in [2.05, 4.69) is 46.9 Å². The van der Waals surface area contributed by atoms with Gasteiger partial charge in [-0.15, -0.1) is 0 Å². The van der Waals surface area contributed by atoms with Crippen LogP contribution in [0.15, 0.2) is 0 Å². The Kier molecular flexibility index (Phi) is 10.5. The van der Waals surface area contributed by atoms with Crippen LogP contribution in [0.4, 0.5) is 0 Å². The average Bonchev–Trinajstić information content (AvgIpc) is 3.08. The van der Waals surface area contributed by atoms with Gasteiger partial charge in [0.25, 0.3) is 0 Å². The van der Waals surface area contributed by atoms with E-state index in [0.717, 1.165) is 31.1 Å². The molecule has 7 unspecified atom stereocenters. The summed E-state index contributed by atoms with van der Waals surface area (Å²) in [5, 5.41) is 3.27. The smallest absolute Gasteiger partial charge is 0.224 e. The van der Waals surface area contributed by atoms with E-state index >= 15 is 0 Å². The zero-order valence-electron chi connectivity index (χ0n) is 23.4. The Morgan fingerprint density at radius 2 is 1.50 bits per heavy atom. The summed E-state index contributed by atoms with van der Waals surface area (Å²) in [6.45, 7) is 23.3. The van der Waals surface area contributed by atoms with Crippen LogP contribution in [0.3, 0.4) is 0 Å². The molecule has 0 aromatic carbocycles. The standard InChI is InChI=1S/C25H43NO2.2C2H6/c1-16-8-9-18-19-10-11-21(22(28)26-23(3,4)5)25(19,7)15-13-20(18)24(16,6)14-12-17(2)27;2*1-2/h16,18-21H,8-15H2,1-7H3,(H,26,28);2*1-2H3. The van der Waals surface area contributed by atoms with Gasteiger partial charge in [-0.05, 0) is 107 Å². The molecule has 1 amide bonds. The first-order valence-corrected chi connectivity index (χ1v) is 13.7. The largest absolute Gasteiger partial charge is 0.351 e. The van der Waals surface area contributed by atoms with Crippen LogP contribution in [0.5, 0.6) is 0 Å². The number of hydrogen-bond acceptors (Lipinski definition) is 2. The molecule has 0 saturated heterocycles. The lowest BCUT2D eigenvalue weighted by molar-refractivity contribution is -0.137. The fraction of sp³-hybridized carbons (Fsp3) is 0.931. The third kappa shape index (κ3) is 5.98. The van der Waals surface area contributed by atoms with Crippen LogP contribution in [0.25, 0.3) is 0 Å². The SMILES string of the molecule is CC.CC.CC(=O)CCC1(C)C(C)CCC2C1CCC1(C)C(C(=O)NC(C)(C)C)CCC21. The summed E-state index contributed by atoms with van der Waals surface area (Å²) < 4.78 is 0. The lowest BCUT2D eigenvalue weighted by Crippen LogP contribution is -2.53. The van der Waals surface area contributed by atoms with E-state index in [-0.39, 0.29) is 28.2 Å². The molecule has 1 N–H and O–H groups in total. The second-order valence-corrected chi connectivity index (χ2v) is 12.0. The molecule has 3 saturated carbocycles. The molecule has 3 fully saturated rings. The molecule has 0 aromatic heterocycles. The Labute approximate surface area is 200 Å². The van der Waals surface area contributed by atoms with Crippen LogP contribution in [-0.4, -0.2) is 17.2 Å². The molecule has 0 bridgehead atoms. The molecule has 3 aliphatic rings. The molecule has 3 heteroatoms. The van der Waals surface area contributed by atoms with Crippen molar-refractivity contribution in [1.29, 1.82) is 0 Å². The molecule has 7 atom stereocenters. The molecule has 0 aliphatic heterocycles. The minimum absolute atomic E-state index is 0.151. The molecule has 0 aromatic rings. The second kappa shape index (κ2) is 11.5. The van der Waals surface area contributed by atoms with E-state index in [4.69, 9.17) is 0 Å². The Bertz CT molecular complexity index is 621. The van der Waals surface area contributed by atoms with Crippen molar-refractivity contribution in [2.45, 2.75) is 133 Å². The quantitative estimate of drug-likeness (QED) is 0.475. The maximum atomic E-state index is 13.1. The number of ketones is 1. The van der Waals surface area contributed by atoms with Crippen LogP contribution < -0.4 is 5.32 Å². The zero-order chi connectivity index (χ0) is 24.9. The minimum Gasteiger partial charge on any atom is -0.351 e. The van der Waals surface area contributed by atoms with E-state index in [0.29, 0.717) is 17.6 Å². The monoisotopic (exact) mass is 449 g/mol. The van der Waals surface area contributed by atoms with E-state index in [1.54, 1.807) is 6.92 Å². The van der Waals surface area contributed by atoms with Crippen molar-refractivity contribution < 1.29 is 9.59 Å². The topological polar surface area (TPSA) is 46.2 Å². The number of Topliss-reactive ketones (excluding diaryl/α,β-unsaturated/α-hetero) is 1.